The van der Waals surface area contributed by atoms with Crippen LogP contribution < -0.4 is 10.6 Å². The largest absolute Gasteiger partial charge is 0.349 e. The Hall–Kier alpha value is -1.59. The van der Waals surface area contributed by atoms with Gasteiger partial charge in [-0.2, -0.15) is 0 Å². The van der Waals surface area contributed by atoms with E-state index in [-0.39, 0.29) is 29.6 Å². The highest BCUT2D eigenvalue weighted by molar-refractivity contribution is 5.95. The quantitative estimate of drug-likeness (QED) is 0.885. The first-order chi connectivity index (χ1) is 9.90. The van der Waals surface area contributed by atoms with Crippen LogP contribution in [-0.2, 0) is 16.0 Å². The summed E-state index contributed by atoms with van der Waals surface area (Å²) in [5.74, 6) is 0.112. The molecular formula is C16H24ClN3O2. The van der Waals surface area contributed by atoms with Crippen molar-refractivity contribution in [3.05, 3.63) is 29.8 Å². The highest BCUT2D eigenvalue weighted by atomic mass is 35.5. The van der Waals surface area contributed by atoms with E-state index < -0.39 is 0 Å². The zero-order valence-electron chi connectivity index (χ0n) is 13.3. The summed E-state index contributed by atoms with van der Waals surface area (Å²) in [5, 5.41) is 6.17. The van der Waals surface area contributed by atoms with Crippen molar-refractivity contribution < 1.29 is 9.59 Å². The fourth-order valence-electron chi connectivity index (χ4n) is 2.33. The molecule has 1 unspecified atom stereocenters. The van der Waals surface area contributed by atoms with Crippen LogP contribution in [0.3, 0.4) is 0 Å². The predicted molar refractivity (Wildman–Crippen MR) is 90.3 cm³/mol. The van der Waals surface area contributed by atoms with Crippen molar-refractivity contribution in [2.75, 3.05) is 32.5 Å². The average molecular weight is 326 g/mol. The lowest BCUT2D eigenvalue weighted by Crippen LogP contribution is -2.35. The molecule has 0 aromatic heterocycles. The minimum Gasteiger partial charge on any atom is -0.349 e. The molecular weight excluding hydrogens is 302 g/mol. The summed E-state index contributed by atoms with van der Waals surface area (Å²) in [6.07, 6.45) is 1.23. The molecule has 1 aromatic carbocycles. The molecule has 22 heavy (non-hydrogen) atoms. The molecule has 0 radical (unpaired) electrons. The second kappa shape index (κ2) is 7.61. The number of nitrogens with one attached hydrogen (secondary N) is 2. The minimum atomic E-state index is -0.334. The van der Waals surface area contributed by atoms with E-state index in [2.05, 4.69) is 10.6 Å². The number of rotatable bonds is 4. The number of nitrogens with zero attached hydrogens (tertiary/aromatic N) is 1. The molecule has 0 saturated carbocycles. The number of halogens is 1. The molecule has 1 saturated heterocycles. The summed E-state index contributed by atoms with van der Waals surface area (Å²) in [5.41, 5.74) is 1.38. The van der Waals surface area contributed by atoms with Crippen molar-refractivity contribution in [2.45, 2.75) is 19.8 Å². The molecule has 1 atom stereocenters. The van der Waals surface area contributed by atoms with Gasteiger partial charge in [0, 0.05) is 26.3 Å². The summed E-state index contributed by atoms with van der Waals surface area (Å²) < 4.78 is 0. The summed E-state index contributed by atoms with van der Waals surface area (Å²) in [4.78, 5) is 25.5. The van der Waals surface area contributed by atoms with Gasteiger partial charge < -0.3 is 15.5 Å². The van der Waals surface area contributed by atoms with Crippen molar-refractivity contribution >= 4 is 29.9 Å². The van der Waals surface area contributed by atoms with Crippen LogP contribution in [-0.4, -0.2) is 43.9 Å². The molecule has 1 fully saturated rings. The standard InChI is InChI=1S/C16H23N3O2.ClH/c1-16(8-9-17-11-16)15(21)18-13-6-4-12(5-7-13)10-14(20)19(2)3;/h4-7,17H,8-11H2,1-3H3,(H,18,21);1H. The van der Waals surface area contributed by atoms with Gasteiger partial charge in [-0.25, -0.2) is 0 Å². The van der Waals surface area contributed by atoms with Gasteiger partial charge in [-0.1, -0.05) is 12.1 Å². The Kier molecular flexibility index (Phi) is 6.38. The summed E-state index contributed by atoms with van der Waals surface area (Å²) >= 11 is 0. The monoisotopic (exact) mass is 325 g/mol. The van der Waals surface area contributed by atoms with E-state index >= 15 is 0 Å². The second-order valence-electron chi connectivity index (χ2n) is 6.10. The van der Waals surface area contributed by atoms with Gasteiger partial charge in [0.05, 0.1) is 11.8 Å². The van der Waals surface area contributed by atoms with Gasteiger partial charge in [-0.05, 0) is 37.6 Å². The molecule has 1 aliphatic rings. The van der Waals surface area contributed by atoms with Crippen LogP contribution in [0.15, 0.2) is 24.3 Å². The molecule has 2 N–H and O–H groups in total. The maximum atomic E-state index is 12.3. The zero-order chi connectivity index (χ0) is 15.5. The van der Waals surface area contributed by atoms with Crippen molar-refractivity contribution in [3.8, 4) is 0 Å². The van der Waals surface area contributed by atoms with Crippen LogP contribution in [0, 0.1) is 5.41 Å². The van der Waals surface area contributed by atoms with Crippen molar-refractivity contribution in [1.29, 1.82) is 0 Å². The Morgan fingerprint density at radius 3 is 2.41 bits per heavy atom. The Bertz CT molecular complexity index is 523. The second-order valence-corrected chi connectivity index (χ2v) is 6.10. The van der Waals surface area contributed by atoms with E-state index in [0.29, 0.717) is 13.0 Å². The number of carbonyl (C=O) groups excluding carboxylic acids is 2. The normalized spacial score (nSPS) is 20.1. The van der Waals surface area contributed by atoms with E-state index in [4.69, 9.17) is 0 Å². The van der Waals surface area contributed by atoms with Gasteiger partial charge in [-0.3, -0.25) is 9.59 Å². The molecule has 5 nitrogen and oxygen atoms in total. The van der Waals surface area contributed by atoms with Crippen LogP contribution in [0.25, 0.3) is 0 Å². The van der Waals surface area contributed by atoms with E-state index in [9.17, 15) is 9.59 Å². The summed E-state index contributed by atoms with van der Waals surface area (Å²) in [7, 11) is 3.49. The molecule has 2 amide bonds. The lowest BCUT2D eigenvalue weighted by Gasteiger charge is -2.21. The zero-order valence-corrected chi connectivity index (χ0v) is 14.1. The molecule has 0 aliphatic carbocycles. The van der Waals surface area contributed by atoms with E-state index in [1.165, 1.54) is 0 Å². The maximum Gasteiger partial charge on any atom is 0.231 e. The molecule has 6 heteroatoms. The Balaban J connectivity index is 0.00000242. The molecule has 0 bridgehead atoms. The lowest BCUT2D eigenvalue weighted by atomic mass is 9.88. The van der Waals surface area contributed by atoms with Crippen LogP contribution in [0.2, 0.25) is 0 Å². The van der Waals surface area contributed by atoms with Gasteiger partial charge in [0.1, 0.15) is 0 Å². The highest BCUT2D eigenvalue weighted by Gasteiger charge is 2.36. The Labute approximate surface area is 137 Å². The van der Waals surface area contributed by atoms with Crippen molar-refractivity contribution in [3.63, 3.8) is 0 Å². The van der Waals surface area contributed by atoms with E-state index in [1.807, 2.05) is 31.2 Å². The number of amides is 2. The Morgan fingerprint density at radius 1 is 1.27 bits per heavy atom. The first kappa shape index (κ1) is 18.5. The lowest BCUT2D eigenvalue weighted by molar-refractivity contribution is -0.128. The number of hydrogen-bond donors (Lipinski definition) is 2. The first-order valence-corrected chi connectivity index (χ1v) is 7.22. The van der Waals surface area contributed by atoms with Gasteiger partial charge >= 0.3 is 0 Å². The van der Waals surface area contributed by atoms with Crippen LogP contribution in [0.1, 0.15) is 18.9 Å². The Morgan fingerprint density at radius 2 is 1.91 bits per heavy atom. The maximum absolute atomic E-state index is 12.3. The summed E-state index contributed by atoms with van der Waals surface area (Å²) in [6.45, 7) is 3.58. The third kappa shape index (κ3) is 4.45. The van der Waals surface area contributed by atoms with E-state index in [0.717, 1.165) is 24.2 Å². The topological polar surface area (TPSA) is 61.4 Å². The van der Waals surface area contributed by atoms with Gasteiger partial charge in [-0.15, -0.1) is 12.4 Å². The van der Waals surface area contributed by atoms with Gasteiger partial charge in [0.25, 0.3) is 0 Å². The fourth-order valence-corrected chi connectivity index (χ4v) is 2.33. The molecule has 122 valence electrons. The van der Waals surface area contributed by atoms with E-state index in [1.54, 1.807) is 19.0 Å². The minimum absolute atomic E-state index is 0. The number of benzene rings is 1. The summed E-state index contributed by atoms with van der Waals surface area (Å²) in [6, 6.07) is 7.46. The van der Waals surface area contributed by atoms with Gasteiger partial charge in [0.15, 0.2) is 0 Å². The van der Waals surface area contributed by atoms with Gasteiger partial charge in [0.2, 0.25) is 11.8 Å². The number of anilines is 1. The fraction of sp³-hybridized carbons (Fsp3) is 0.500. The van der Waals surface area contributed by atoms with Crippen LogP contribution in [0.4, 0.5) is 5.69 Å². The molecule has 0 spiro atoms. The van der Waals surface area contributed by atoms with Crippen LogP contribution >= 0.6 is 12.4 Å². The number of carbonyl (C=O) groups is 2. The molecule has 1 heterocycles. The van der Waals surface area contributed by atoms with Crippen LogP contribution in [0.5, 0.6) is 0 Å². The van der Waals surface area contributed by atoms with Crippen molar-refractivity contribution in [1.82, 2.24) is 10.2 Å². The third-order valence-electron chi connectivity index (χ3n) is 3.98. The third-order valence-corrected chi connectivity index (χ3v) is 3.98. The molecule has 1 aliphatic heterocycles. The first-order valence-electron chi connectivity index (χ1n) is 7.22. The predicted octanol–water partition coefficient (Wildman–Crippen LogP) is 1.68. The SMILES string of the molecule is CN(C)C(=O)Cc1ccc(NC(=O)C2(C)CCNC2)cc1.Cl. The number of likely N-dealkylation sites (N-methyl/N-ethyl adjacent to an activating group) is 1. The number of hydrogen-bond acceptors (Lipinski definition) is 3. The smallest absolute Gasteiger partial charge is 0.231 e. The molecule has 1 aromatic rings. The van der Waals surface area contributed by atoms with Crippen molar-refractivity contribution in [2.24, 2.45) is 5.41 Å². The highest BCUT2D eigenvalue weighted by Crippen LogP contribution is 2.26. The average Bonchev–Trinajstić information content (AvgIpc) is 2.89. The molecule has 2 rings (SSSR count).